The molecule has 9 nitrogen and oxygen atoms in total. The number of rotatable bonds is 8. The molecule has 2 heterocycles. The maximum absolute atomic E-state index is 13.4. The molecule has 0 spiro atoms. The first kappa shape index (κ1) is 33.2. The second kappa shape index (κ2) is 13.3. The molecule has 0 radical (unpaired) electrons. The lowest BCUT2D eigenvalue weighted by Crippen LogP contribution is -2.60. The van der Waals surface area contributed by atoms with Gasteiger partial charge in [-0.25, -0.2) is 0 Å². The van der Waals surface area contributed by atoms with Crippen molar-refractivity contribution < 1.29 is 38.1 Å². The summed E-state index contributed by atoms with van der Waals surface area (Å²) in [4.78, 5) is 43.6. The monoisotopic (exact) mass is 583 g/mol. The zero-order valence-corrected chi connectivity index (χ0v) is 26.2. The minimum atomic E-state index is -1.13. The molecular weight excluding hydrogens is 538 g/mol. The van der Waals surface area contributed by atoms with Crippen LogP contribution in [0.15, 0.2) is 54.9 Å². The van der Waals surface area contributed by atoms with Crippen LogP contribution in [-0.2, 0) is 44.7 Å². The summed E-state index contributed by atoms with van der Waals surface area (Å²) in [5.41, 5.74) is -0.938. The van der Waals surface area contributed by atoms with Crippen LogP contribution in [0.5, 0.6) is 0 Å². The van der Waals surface area contributed by atoms with Crippen LogP contribution in [0.25, 0.3) is 0 Å². The molecule has 230 valence electrons. The van der Waals surface area contributed by atoms with Gasteiger partial charge in [0.05, 0.1) is 22.9 Å². The van der Waals surface area contributed by atoms with Gasteiger partial charge >= 0.3 is 17.9 Å². The number of hydrogen-bond donors (Lipinski definition) is 0. The molecule has 0 saturated carbocycles. The molecule has 1 aliphatic rings. The van der Waals surface area contributed by atoms with Crippen molar-refractivity contribution in [1.29, 1.82) is 0 Å². The van der Waals surface area contributed by atoms with E-state index < -0.39 is 64.7 Å². The van der Waals surface area contributed by atoms with Gasteiger partial charge in [0.1, 0.15) is 24.9 Å². The third-order valence-electron chi connectivity index (χ3n) is 6.63. The Bertz CT molecular complexity index is 1190. The highest BCUT2D eigenvalue weighted by atomic mass is 16.6. The number of aromatic nitrogens is 1. The lowest BCUT2D eigenvalue weighted by molar-refractivity contribution is -0.265. The molecule has 1 saturated heterocycles. The summed E-state index contributed by atoms with van der Waals surface area (Å²) in [7, 11) is 0. The third kappa shape index (κ3) is 8.85. The molecule has 0 unspecified atom stereocenters. The molecule has 1 fully saturated rings. The molecule has 2 aromatic rings. The first-order valence-electron chi connectivity index (χ1n) is 14.3. The normalized spacial score (nSPS) is 23.1. The Morgan fingerprint density at radius 3 is 1.83 bits per heavy atom. The summed E-state index contributed by atoms with van der Waals surface area (Å²) in [5, 5.41) is 0. The van der Waals surface area contributed by atoms with Gasteiger partial charge in [0, 0.05) is 18.0 Å². The van der Waals surface area contributed by atoms with E-state index in [4.69, 9.17) is 23.7 Å². The molecule has 1 aliphatic heterocycles. The number of benzene rings is 1. The average molecular weight is 584 g/mol. The quantitative estimate of drug-likeness (QED) is 0.289. The number of carbonyl (C=O) groups excluding carboxylic acids is 3. The molecule has 1 aromatic carbocycles. The largest absolute Gasteiger partial charge is 0.462 e. The zero-order valence-electron chi connectivity index (χ0n) is 26.2. The minimum Gasteiger partial charge on any atom is -0.462 e. The molecule has 0 amide bonds. The van der Waals surface area contributed by atoms with Crippen LogP contribution in [0.2, 0.25) is 0 Å². The van der Waals surface area contributed by atoms with Gasteiger partial charge in [-0.15, -0.1) is 0 Å². The fourth-order valence-corrected chi connectivity index (χ4v) is 4.06. The summed E-state index contributed by atoms with van der Waals surface area (Å²) in [6.45, 7) is 15.6. The molecule has 42 heavy (non-hydrogen) atoms. The molecule has 0 N–H and O–H groups in total. The van der Waals surface area contributed by atoms with E-state index in [0.29, 0.717) is 5.56 Å². The fourth-order valence-electron chi connectivity index (χ4n) is 4.06. The molecule has 9 heteroatoms. The van der Waals surface area contributed by atoms with Crippen LogP contribution < -0.4 is 0 Å². The van der Waals surface area contributed by atoms with Crippen LogP contribution >= 0.6 is 0 Å². The van der Waals surface area contributed by atoms with E-state index in [1.165, 1.54) is 0 Å². The predicted molar refractivity (Wildman–Crippen MR) is 156 cm³/mol. The summed E-state index contributed by atoms with van der Waals surface area (Å²) >= 11 is 0. The van der Waals surface area contributed by atoms with Crippen molar-refractivity contribution >= 4 is 17.9 Å². The Morgan fingerprint density at radius 2 is 1.31 bits per heavy atom. The molecule has 0 bridgehead atoms. The summed E-state index contributed by atoms with van der Waals surface area (Å²) in [5.74, 6) is -1.48. The Balaban J connectivity index is 2.11. The highest BCUT2D eigenvalue weighted by Gasteiger charge is 2.53. The smallest absolute Gasteiger partial charge is 0.311 e. The number of esters is 3. The Kier molecular flexibility index (Phi) is 10.5. The lowest BCUT2D eigenvalue weighted by Gasteiger charge is -2.46. The van der Waals surface area contributed by atoms with Crippen LogP contribution in [0.3, 0.4) is 0 Å². The van der Waals surface area contributed by atoms with E-state index >= 15 is 0 Å². The topological polar surface area (TPSA) is 110 Å². The SMILES string of the molecule is CC(C)(C)C(=O)OC[C@H]1O[C@@H](c2cccnc2)[C@H](OCc2ccccc2)[C@@H](OC(=O)C(C)(C)C)[C@@H]1OC(=O)C(C)(C)C. The van der Waals surface area contributed by atoms with Gasteiger partial charge in [-0.05, 0) is 73.9 Å². The van der Waals surface area contributed by atoms with Gasteiger partial charge < -0.3 is 23.7 Å². The van der Waals surface area contributed by atoms with E-state index in [2.05, 4.69) is 4.98 Å². The first-order chi connectivity index (χ1) is 19.5. The fraction of sp³-hybridized carbons (Fsp3) is 0.576. The van der Waals surface area contributed by atoms with Crippen molar-refractivity contribution in [3.05, 3.63) is 66.0 Å². The number of pyridine rings is 1. The first-order valence-corrected chi connectivity index (χ1v) is 14.3. The molecule has 5 atom stereocenters. The average Bonchev–Trinajstić information content (AvgIpc) is 2.91. The number of ether oxygens (including phenoxy) is 5. The second-order valence-corrected chi connectivity index (χ2v) is 13.7. The van der Waals surface area contributed by atoms with Gasteiger partial charge in [-0.2, -0.15) is 0 Å². The van der Waals surface area contributed by atoms with E-state index in [0.717, 1.165) is 5.56 Å². The highest BCUT2D eigenvalue weighted by Crippen LogP contribution is 2.39. The second-order valence-electron chi connectivity index (χ2n) is 13.7. The maximum Gasteiger partial charge on any atom is 0.311 e. The lowest BCUT2D eigenvalue weighted by atomic mass is 9.89. The van der Waals surface area contributed by atoms with Crippen LogP contribution in [0.4, 0.5) is 0 Å². The third-order valence-corrected chi connectivity index (χ3v) is 6.63. The Hall–Kier alpha value is -3.30. The number of nitrogens with zero attached hydrogens (tertiary/aromatic N) is 1. The van der Waals surface area contributed by atoms with Crippen molar-refractivity contribution in [2.75, 3.05) is 6.61 Å². The van der Waals surface area contributed by atoms with Crippen LogP contribution in [0, 0.1) is 16.2 Å². The van der Waals surface area contributed by atoms with Crippen molar-refractivity contribution in [3.8, 4) is 0 Å². The van der Waals surface area contributed by atoms with E-state index in [1.54, 1.807) is 80.8 Å². The Labute approximate surface area is 249 Å². The van der Waals surface area contributed by atoms with Gasteiger partial charge in [0.2, 0.25) is 0 Å². The van der Waals surface area contributed by atoms with Crippen molar-refractivity contribution in [3.63, 3.8) is 0 Å². The molecule has 1 aromatic heterocycles. The minimum absolute atomic E-state index is 0.179. The van der Waals surface area contributed by atoms with Gasteiger partial charge in [-0.3, -0.25) is 19.4 Å². The van der Waals surface area contributed by atoms with Crippen molar-refractivity contribution in [2.45, 2.75) is 99.4 Å². The molecular formula is C33H45NO8. The predicted octanol–water partition coefficient (Wildman–Crippen LogP) is 5.61. The van der Waals surface area contributed by atoms with Crippen molar-refractivity contribution in [2.24, 2.45) is 16.2 Å². The van der Waals surface area contributed by atoms with E-state index in [9.17, 15) is 14.4 Å². The van der Waals surface area contributed by atoms with Crippen LogP contribution in [-0.4, -0.2) is 53.9 Å². The maximum atomic E-state index is 13.4. The van der Waals surface area contributed by atoms with E-state index in [1.807, 2.05) is 36.4 Å². The highest BCUT2D eigenvalue weighted by molar-refractivity contribution is 5.77. The van der Waals surface area contributed by atoms with Gasteiger partial charge in [0.25, 0.3) is 0 Å². The van der Waals surface area contributed by atoms with E-state index in [-0.39, 0.29) is 13.2 Å². The summed E-state index contributed by atoms with van der Waals surface area (Å²) in [6, 6.07) is 13.2. The number of hydrogen-bond acceptors (Lipinski definition) is 9. The zero-order chi connectivity index (χ0) is 31.3. The summed E-state index contributed by atoms with van der Waals surface area (Å²) < 4.78 is 30.9. The summed E-state index contributed by atoms with van der Waals surface area (Å²) in [6.07, 6.45) is -1.60. The Morgan fingerprint density at radius 1 is 0.738 bits per heavy atom. The molecule has 0 aliphatic carbocycles. The van der Waals surface area contributed by atoms with Crippen molar-refractivity contribution in [1.82, 2.24) is 4.98 Å². The van der Waals surface area contributed by atoms with Crippen LogP contribution in [0.1, 0.15) is 79.5 Å². The molecule has 3 rings (SSSR count). The standard InChI is InChI=1S/C33H45NO8/c1-31(2,3)28(35)39-20-23-25(41-29(36)32(4,5)6)27(42-30(37)33(7,8)9)26(38-19-21-14-11-10-12-15-21)24(40-23)22-16-13-17-34-18-22/h10-18,23-27H,19-20H2,1-9H3/t23-,24+,25-,26+,27+/m1/s1. The van der Waals surface area contributed by atoms with Gasteiger partial charge in [-0.1, -0.05) is 36.4 Å². The van der Waals surface area contributed by atoms with Gasteiger partial charge in [0.15, 0.2) is 12.2 Å². The number of carbonyl (C=O) groups is 3.